The Balaban J connectivity index is 2.19. The average Bonchev–Trinajstić information content (AvgIpc) is 3.17. The van der Waals surface area contributed by atoms with E-state index in [1.807, 2.05) is 13.0 Å². The van der Waals surface area contributed by atoms with Gasteiger partial charge in [0, 0.05) is 10.4 Å². The lowest BCUT2D eigenvalue weighted by molar-refractivity contribution is 0.103. The lowest BCUT2D eigenvalue weighted by Gasteiger charge is -2.08. The maximum atomic E-state index is 13.0. The van der Waals surface area contributed by atoms with Crippen molar-refractivity contribution in [2.24, 2.45) is 0 Å². The minimum absolute atomic E-state index is 0.150. The number of rotatable bonds is 5. The highest BCUT2D eigenvalue weighted by atomic mass is 35.5. The maximum absolute atomic E-state index is 13.0. The standard InChI is InChI=1S/C17H16ClN3O2S/c1-3-11-8-13(16(23)12-6-4-5-7-14(12)18)17(24-11)21-10(2)19-20-15(21)9-22/h4-8,22H,3,9H2,1-2H3. The zero-order valence-corrected chi connectivity index (χ0v) is 14.9. The summed E-state index contributed by atoms with van der Waals surface area (Å²) in [7, 11) is 0. The molecule has 0 saturated carbocycles. The number of carbonyl (C=O) groups excluding carboxylic acids is 1. The predicted molar refractivity (Wildman–Crippen MR) is 94.2 cm³/mol. The van der Waals surface area contributed by atoms with Gasteiger partial charge in [0.15, 0.2) is 11.6 Å². The van der Waals surface area contributed by atoms with Crippen LogP contribution in [-0.4, -0.2) is 25.7 Å². The Morgan fingerprint density at radius 2 is 2.04 bits per heavy atom. The van der Waals surface area contributed by atoms with Crippen LogP contribution in [0.15, 0.2) is 30.3 Å². The van der Waals surface area contributed by atoms with E-state index >= 15 is 0 Å². The number of carbonyl (C=O) groups is 1. The Kier molecular flexibility index (Phi) is 4.80. The van der Waals surface area contributed by atoms with Crippen molar-refractivity contribution in [1.82, 2.24) is 14.8 Å². The molecule has 1 N–H and O–H groups in total. The van der Waals surface area contributed by atoms with Gasteiger partial charge in [-0.2, -0.15) is 0 Å². The number of aliphatic hydroxyl groups is 1. The minimum atomic E-state index is -0.250. The average molecular weight is 362 g/mol. The van der Waals surface area contributed by atoms with E-state index in [-0.39, 0.29) is 12.4 Å². The van der Waals surface area contributed by atoms with Crippen LogP contribution in [0.2, 0.25) is 5.02 Å². The fourth-order valence-corrected chi connectivity index (χ4v) is 3.88. The molecule has 0 bridgehead atoms. The molecule has 5 nitrogen and oxygen atoms in total. The third-order valence-corrected chi connectivity index (χ3v) is 5.31. The van der Waals surface area contributed by atoms with Gasteiger partial charge in [0.2, 0.25) is 0 Å². The molecule has 1 aromatic carbocycles. The Labute approximate surface area is 148 Å². The summed E-state index contributed by atoms with van der Waals surface area (Å²) in [6.07, 6.45) is 0.809. The van der Waals surface area contributed by atoms with Crippen LogP contribution in [0.1, 0.15) is 39.4 Å². The molecule has 0 saturated heterocycles. The summed E-state index contributed by atoms with van der Waals surface area (Å²) in [4.78, 5) is 14.1. The van der Waals surface area contributed by atoms with Crippen molar-refractivity contribution in [3.63, 3.8) is 0 Å². The first-order valence-electron chi connectivity index (χ1n) is 7.50. The molecule has 0 radical (unpaired) electrons. The van der Waals surface area contributed by atoms with Gasteiger partial charge in [-0.15, -0.1) is 21.5 Å². The number of thiophene rings is 1. The van der Waals surface area contributed by atoms with Crippen LogP contribution >= 0.6 is 22.9 Å². The first-order valence-corrected chi connectivity index (χ1v) is 8.70. The van der Waals surface area contributed by atoms with E-state index in [4.69, 9.17) is 11.6 Å². The summed E-state index contributed by atoms with van der Waals surface area (Å²) in [5.41, 5.74) is 1.000. The molecule has 0 aliphatic heterocycles. The summed E-state index contributed by atoms with van der Waals surface area (Å²) in [6.45, 7) is 3.58. The van der Waals surface area contributed by atoms with E-state index in [9.17, 15) is 9.90 Å². The molecule has 3 rings (SSSR count). The van der Waals surface area contributed by atoms with Crippen LogP contribution in [-0.2, 0) is 13.0 Å². The van der Waals surface area contributed by atoms with Crippen molar-refractivity contribution < 1.29 is 9.90 Å². The third kappa shape index (κ3) is 2.88. The lowest BCUT2D eigenvalue weighted by Crippen LogP contribution is -2.08. The van der Waals surface area contributed by atoms with Crippen molar-refractivity contribution in [1.29, 1.82) is 0 Å². The Morgan fingerprint density at radius 3 is 2.71 bits per heavy atom. The first-order chi connectivity index (χ1) is 11.6. The van der Waals surface area contributed by atoms with Gasteiger partial charge < -0.3 is 5.11 Å². The molecule has 0 unspecified atom stereocenters. The molecule has 2 heterocycles. The van der Waals surface area contributed by atoms with Crippen LogP contribution in [0.3, 0.4) is 0 Å². The van der Waals surface area contributed by atoms with Crippen LogP contribution < -0.4 is 0 Å². The molecule has 0 spiro atoms. The van der Waals surface area contributed by atoms with E-state index in [2.05, 4.69) is 10.2 Å². The van der Waals surface area contributed by atoms with Crippen molar-refractivity contribution in [2.45, 2.75) is 26.9 Å². The molecule has 0 amide bonds. The zero-order valence-electron chi connectivity index (χ0n) is 13.3. The normalized spacial score (nSPS) is 11.0. The van der Waals surface area contributed by atoms with Gasteiger partial charge in [-0.25, -0.2) is 0 Å². The number of nitrogens with zero attached hydrogens (tertiary/aromatic N) is 3. The van der Waals surface area contributed by atoms with Crippen molar-refractivity contribution in [3.05, 3.63) is 63.0 Å². The zero-order chi connectivity index (χ0) is 17.3. The van der Waals surface area contributed by atoms with E-state index in [1.54, 1.807) is 35.8 Å². The number of ketones is 1. The fraction of sp³-hybridized carbons (Fsp3) is 0.235. The van der Waals surface area contributed by atoms with E-state index in [0.717, 1.165) is 11.3 Å². The monoisotopic (exact) mass is 361 g/mol. The van der Waals surface area contributed by atoms with Crippen LogP contribution in [0.4, 0.5) is 0 Å². The summed E-state index contributed by atoms with van der Waals surface area (Å²) in [5.74, 6) is 0.880. The van der Waals surface area contributed by atoms with Gasteiger partial charge in [-0.3, -0.25) is 9.36 Å². The maximum Gasteiger partial charge on any atom is 0.197 e. The van der Waals surface area contributed by atoms with Gasteiger partial charge >= 0.3 is 0 Å². The van der Waals surface area contributed by atoms with E-state index in [0.29, 0.717) is 32.8 Å². The lowest BCUT2D eigenvalue weighted by atomic mass is 10.0. The number of halogens is 1. The largest absolute Gasteiger partial charge is 0.388 e. The molecule has 0 fully saturated rings. The molecule has 24 heavy (non-hydrogen) atoms. The van der Waals surface area contributed by atoms with Crippen LogP contribution in [0.5, 0.6) is 0 Å². The predicted octanol–water partition coefficient (Wildman–Crippen LogP) is 3.58. The number of aliphatic hydroxyl groups excluding tert-OH is 1. The van der Waals surface area contributed by atoms with E-state index < -0.39 is 0 Å². The molecule has 0 aliphatic rings. The highest BCUT2D eigenvalue weighted by Gasteiger charge is 2.23. The summed E-state index contributed by atoms with van der Waals surface area (Å²) in [5, 5.41) is 18.6. The number of hydrogen-bond donors (Lipinski definition) is 1. The van der Waals surface area contributed by atoms with Gasteiger partial charge in [-0.05, 0) is 31.5 Å². The number of aryl methyl sites for hydroxylation is 2. The minimum Gasteiger partial charge on any atom is -0.388 e. The third-order valence-electron chi connectivity index (χ3n) is 3.71. The molecule has 124 valence electrons. The second-order valence-electron chi connectivity index (χ2n) is 5.25. The molecular formula is C17H16ClN3O2S. The summed E-state index contributed by atoms with van der Waals surface area (Å²) < 4.78 is 1.73. The van der Waals surface area contributed by atoms with Gasteiger partial charge in [0.05, 0.1) is 10.6 Å². The van der Waals surface area contributed by atoms with E-state index in [1.165, 1.54) is 11.3 Å². The van der Waals surface area contributed by atoms with Crippen molar-refractivity contribution in [2.75, 3.05) is 0 Å². The second kappa shape index (κ2) is 6.84. The van der Waals surface area contributed by atoms with Crippen molar-refractivity contribution in [3.8, 4) is 5.00 Å². The summed E-state index contributed by atoms with van der Waals surface area (Å²) >= 11 is 7.69. The molecule has 0 aliphatic carbocycles. The fourth-order valence-electron chi connectivity index (χ4n) is 2.50. The van der Waals surface area contributed by atoms with Gasteiger partial charge in [-0.1, -0.05) is 30.7 Å². The molecule has 3 aromatic rings. The molecular weight excluding hydrogens is 346 g/mol. The highest BCUT2D eigenvalue weighted by molar-refractivity contribution is 7.15. The topological polar surface area (TPSA) is 68.0 Å². The Bertz CT molecular complexity index is 901. The Hall–Kier alpha value is -2.02. The quantitative estimate of drug-likeness (QED) is 0.705. The van der Waals surface area contributed by atoms with Crippen molar-refractivity contribution >= 4 is 28.7 Å². The molecule has 7 heteroatoms. The number of aromatic nitrogens is 3. The Morgan fingerprint density at radius 1 is 1.29 bits per heavy atom. The number of benzene rings is 1. The molecule has 0 atom stereocenters. The molecule has 2 aromatic heterocycles. The number of hydrogen-bond acceptors (Lipinski definition) is 5. The van der Waals surface area contributed by atoms with Crippen LogP contribution in [0.25, 0.3) is 5.00 Å². The van der Waals surface area contributed by atoms with Crippen LogP contribution in [0, 0.1) is 6.92 Å². The SMILES string of the molecule is CCc1cc(C(=O)c2ccccc2Cl)c(-n2c(C)nnc2CO)s1. The highest BCUT2D eigenvalue weighted by Crippen LogP contribution is 2.32. The van der Waals surface area contributed by atoms with Gasteiger partial charge in [0.25, 0.3) is 0 Å². The summed E-state index contributed by atoms with van der Waals surface area (Å²) in [6, 6.07) is 8.87. The second-order valence-corrected chi connectivity index (χ2v) is 6.77. The first kappa shape index (κ1) is 16.8. The van der Waals surface area contributed by atoms with Gasteiger partial charge in [0.1, 0.15) is 17.4 Å². The smallest absolute Gasteiger partial charge is 0.197 e.